The molecule has 2 aromatic heterocycles. The Hall–Kier alpha value is -5.58. The van der Waals surface area contributed by atoms with Crippen molar-refractivity contribution in [3.63, 3.8) is 0 Å². The summed E-state index contributed by atoms with van der Waals surface area (Å²) < 4.78 is 5.57. The molecule has 0 amide bonds. The predicted molar refractivity (Wildman–Crippen MR) is 308 cm³/mol. The summed E-state index contributed by atoms with van der Waals surface area (Å²) in [5, 5.41) is 11.9. The third-order valence-electron chi connectivity index (χ3n) is 17.5. The van der Waals surface area contributed by atoms with E-state index in [2.05, 4.69) is 237 Å². The number of rotatable bonds is 0. The van der Waals surface area contributed by atoms with Crippen LogP contribution in [0.25, 0.3) is 66.1 Å². The monoisotopic (exact) mass is 931 g/mol. The van der Waals surface area contributed by atoms with Gasteiger partial charge in [-0.25, -0.2) is 0 Å². The molecule has 0 N–H and O–H groups in total. The van der Waals surface area contributed by atoms with E-state index in [1.807, 2.05) is 0 Å². The first-order valence-electron chi connectivity index (χ1n) is 26.3. The Kier molecular flexibility index (Phi) is 8.29. The van der Waals surface area contributed by atoms with Crippen molar-refractivity contribution in [2.45, 2.75) is 157 Å². The van der Waals surface area contributed by atoms with Crippen LogP contribution in [-0.2, 0) is 32.5 Å². The molecule has 6 heterocycles. The molecule has 70 heavy (non-hydrogen) atoms. The van der Waals surface area contributed by atoms with Gasteiger partial charge in [-0.3, -0.25) is 0 Å². The fourth-order valence-corrected chi connectivity index (χ4v) is 19.5. The van der Waals surface area contributed by atoms with Crippen LogP contribution in [0.2, 0.25) is 0 Å². The Morgan fingerprint density at radius 1 is 0.386 bits per heavy atom. The van der Waals surface area contributed by atoms with Crippen molar-refractivity contribution in [1.82, 2.24) is 9.13 Å². The maximum Gasteiger partial charge on any atom is 0.252 e. The molecule has 7 aromatic carbocycles. The van der Waals surface area contributed by atoms with Gasteiger partial charge in [-0.05, 0) is 138 Å². The summed E-state index contributed by atoms with van der Waals surface area (Å²) in [6, 6.07) is 43.6. The van der Waals surface area contributed by atoms with Crippen LogP contribution in [0.3, 0.4) is 0 Å². The molecule has 0 fully saturated rings. The number of nitrogens with zero attached hydrogens (tertiary/aromatic N) is 2. The number of hydrogen-bond acceptors (Lipinski definition) is 0. The molecule has 0 radical (unpaired) electrons. The van der Waals surface area contributed by atoms with Gasteiger partial charge in [0.05, 0.1) is 11.0 Å². The van der Waals surface area contributed by atoms with E-state index >= 15 is 0 Å². The molecule has 0 bridgehead atoms. The van der Waals surface area contributed by atoms with E-state index in [0.717, 1.165) is 0 Å². The number of fused-ring (bicyclic) bond motifs is 14. The largest absolute Gasteiger partial charge is 0.310 e. The molecular formula is C66H71BN2Si. The molecular weight excluding hydrogens is 860 g/mol. The lowest BCUT2D eigenvalue weighted by Gasteiger charge is -2.43. The fourth-order valence-electron chi connectivity index (χ4n) is 13.9. The highest BCUT2D eigenvalue weighted by atomic mass is 28.3. The first kappa shape index (κ1) is 44.4. The normalized spacial score (nSPS) is 15.7. The zero-order chi connectivity index (χ0) is 49.7. The summed E-state index contributed by atoms with van der Waals surface area (Å²) in [7, 11) is -3.05. The third kappa shape index (κ3) is 5.42. The highest BCUT2D eigenvalue weighted by molar-refractivity contribution is 7.24. The predicted octanol–water partition coefficient (Wildman–Crippen LogP) is 12.5. The molecule has 9 aromatic rings. The second kappa shape index (κ2) is 13.1. The van der Waals surface area contributed by atoms with Crippen LogP contribution in [0.5, 0.6) is 0 Å². The van der Waals surface area contributed by atoms with Gasteiger partial charge in [-0.2, -0.15) is 0 Å². The maximum absolute atomic E-state index is 3.05. The van der Waals surface area contributed by atoms with Gasteiger partial charge in [0, 0.05) is 44.0 Å². The lowest BCUT2D eigenvalue weighted by molar-refractivity contribution is 0.589. The van der Waals surface area contributed by atoms with Gasteiger partial charge in [-0.1, -0.05) is 203 Å². The number of hydrogen-bond donors (Lipinski definition) is 0. The van der Waals surface area contributed by atoms with Crippen LogP contribution < -0.4 is 37.1 Å². The summed E-state index contributed by atoms with van der Waals surface area (Å²) in [6.07, 6.45) is 0. The average Bonchev–Trinajstić information content (AvgIpc) is 3.89. The lowest BCUT2D eigenvalue weighted by atomic mass is 9.34. The highest BCUT2D eigenvalue weighted by Gasteiger charge is 2.57. The van der Waals surface area contributed by atoms with Gasteiger partial charge in [0.2, 0.25) is 0 Å². The van der Waals surface area contributed by atoms with Crippen LogP contribution in [-0.4, -0.2) is 23.9 Å². The van der Waals surface area contributed by atoms with E-state index in [1.54, 1.807) is 20.7 Å². The molecule has 13 rings (SSSR count). The minimum absolute atomic E-state index is 0.0106. The van der Waals surface area contributed by atoms with Crippen molar-refractivity contribution >= 4 is 95.5 Å². The summed E-state index contributed by atoms with van der Waals surface area (Å²) in [4.78, 5) is 0. The third-order valence-corrected chi connectivity index (χ3v) is 22.4. The molecule has 0 unspecified atom stereocenters. The topological polar surface area (TPSA) is 9.86 Å². The van der Waals surface area contributed by atoms with Crippen LogP contribution >= 0.6 is 0 Å². The lowest BCUT2D eigenvalue weighted by Crippen LogP contribution is -2.77. The molecule has 4 aliphatic heterocycles. The van der Waals surface area contributed by atoms with Crippen molar-refractivity contribution in [3.8, 4) is 22.5 Å². The number of benzene rings is 7. The molecule has 352 valence electrons. The Morgan fingerprint density at radius 2 is 0.914 bits per heavy atom. The van der Waals surface area contributed by atoms with E-state index in [0.29, 0.717) is 0 Å². The van der Waals surface area contributed by atoms with Crippen molar-refractivity contribution < 1.29 is 0 Å². The van der Waals surface area contributed by atoms with Gasteiger partial charge < -0.3 is 9.13 Å². The van der Waals surface area contributed by atoms with Gasteiger partial charge in [-0.15, -0.1) is 0 Å². The van der Waals surface area contributed by atoms with Gasteiger partial charge in [0.25, 0.3) is 6.71 Å². The zero-order valence-electron chi connectivity index (χ0n) is 45.3. The van der Waals surface area contributed by atoms with Gasteiger partial charge in [0.15, 0.2) is 8.07 Å². The van der Waals surface area contributed by atoms with Crippen LogP contribution in [0.15, 0.2) is 103 Å². The SMILES string of the molecule is CC(C)(C)c1ccc2c(c1)-c1cc(C(C)(C)C)ccc1[Si]21c2ccc3c4c2-n2c5c(cc(C(C)(C)C)cc5c5cc(C(C)(C)C)cc1c52)B4c1ccc(C(C)(C)C)c2c4c(C(C)(C)C)cccc4n-3c12. The molecule has 0 saturated heterocycles. The molecule has 1 spiro atoms. The van der Waals surface area contributed by atoms with Crippen molar-refractivity contribution in [2.24, 2.45) is 0 Å². The summed E-state index contributed by atoms with van der Waals surface area (Å²) >= 11 is 0. The van der Waals surface area contributed by atoms with Crippen LogP contribution in [0.4, 0.5) is 0 Å². The van der Waals surface area contributed by atoms with E-state index in [1.165, 1.54) is 116 Å². The van der Waals surface area contributed by atoms with Crippen molar-refractivity contribution in [3.05, 3.63) is 137 Å². The fraction of sp³-hybridized carbons (Fsp3) is 0.364. The molecule has 4 aliphatic rings. The van der Waals surface area contributed by atoms with Crippen molar-refractivity contribution in [1.29, 1.82) is 0 Å². The van der Waals surface area contributed by atoms with E-state index in [9.17, 15) is 0 Å². The average molecular weight is 931 g/mol. The second-order valence-corrected chi connectivity index (χ2v) is 31.9. The van der Waals surface area contributed by atoms with E-state index in [-0.39, 0.29) is 39.2 Å². The minimum atomic E-state index is -3.05. The highest BCUT2D eigenvalue weighted by Crippen LogP contribution is 2.48. The van der Waals surface area contributed by atoms with Gasteiger partial charge in [0.1, 0.15) is 0 Å². The zero-order valence-corrected chi connectivity index (χ0v) is 46.3. The summed E-state index contributed by atoms with van der Waals surface area (Å²) in [5.41, 5.74) is 23.9. The van der Waals surface area contributed by atoms with Crippen molar-refractivity contribution in [2.75, 3.05) is 0 Å². The molecule has 0 atom stereocenters. The van der Waals surface area contributed by atoms with Crippen LogP contribution in [0.1, 0.15) is 158 Å². The Morgan fingerprint density at radius 3 is 1.47 bits per heavy atom. The van der Waals surface area contributed by atoms with E-state index in [4.69, 9.17) is 0 Å². The minimum Gasteiger partial charge on any atom is -0.310 e. The molecule has 2 nitrogen and oxygen atoms in total. The van der Waals surface area contributed by atoms with Crippen LogP contribution in [0, 0.1) is 0 Å². The Balaban J connectivity index is 1.30. The van der Waals surface area contributed by atoms with Gasteiger partial charge >= 0.3 is 0 Å². The standard InChI is InChI=1S/C66H71BN2Si/c1-61(2,3)36-22-27-50-40(30-36)41-31-37(62(4,5)6)23-28-51(41)70(50)52-29-26-49-56-60(52)69-57-42(43-33-39(64(10,11)12)35-53(70)58(43)69)32-38(63(7,8)9)34-47(57)67(56)46-25-24-45(66(16,17)18)55-54-44(65(13,14)15)20-19-21-48(54)68(49)59(46)55/h19-35H,1-18H3. The Labute approximate surface area is 418 Å². The first-order chi connectivity index (χ1) is 32.5. The molecule has 0 saturated carbocycles. The first-order valence-corrected chi connectivity index (χ1v) is 28.3. The van der Waals surface area contributed by atoms with E-state index < -0.39 is 8.07 Å². The number of aromatic nitrogens is 2. The molecule has 0 aliphatic carbocycles. The quantitative estimate of drug-likeness (QED) is 0.134. The summed E-state index contributed by atoms with van der Waals surface area (Å²) in [5.74, 6) is 0. The molecule has 4 heteroatoms. The Bertz CT molecular complexity index is 3820. The summed E-state index contributed by atoms with van der Waals surface area (Å²) in [6.45, 7) is 43.3. The smallest absolute Gasteiger partial charge is 0.252 e. The maximum atomic E-state index is 2.83. The second-order valence-electron chi connectivity index (χ2n) is 28.3.